The van der Waals surface area contributed by atoms with Gasteiger partial charge in [-0.05, 0) is 94.4 Å². The van der Waals surface area contributed by atoms with Gasteiger partial charge >= 0.3 is 0 Å². The third kappa shape index (κ3) is 6.38. The van der Waals surface area contributed by atoms with Crippen molar-refractivity contribution in [3.05, 3.63) is 230 Å². The lowest BCUT2D eigenvalue weighted by molar-refractivity contribution is 1.18. The second-order valence-electron chi connectivity index (χ2n) is 14.6. The van der Waals surface area contributed by atoms with Crippen LogP contribution in [0.4, 0.5) is 17.1 Å². The van der Waals surface area contributed by atoms with E-state index in [9.17, 15) is 0 Å². The van der Waals surface area contributed by atoms with Crippen molar-refractivity contribution < 1.29 is 0 Å². The maximum atomic E-state index is 2.47. The number of para-hydroxylation sites is 1. The number of rotatable bonds is 8. The molecule has 2 heteroatoms. The number of benzene rings is 9. The SMILES string of the molecule is Cc1ccc(-c2ccc(N(c3ccc(-c4ccccc4)cc3)c3ccc4c5ccccc5n(-c5cccc(-c6ccccc6)c5-c5ccccc5)c4c3)cc2)cc1. The van der Waals surface area contributed by atoms with Gasteiger partial charge < -0.3 is 9.47 Å². The molecule has 0 aliphatic rings. The van der Waals surface area contributed by atoms with Crippen LogP contribution < -0.4 is 4.90 Å². The number of aromatic nitrogens is 1. The maximum absolute atomic E-state index is 2.47. The van der Waals surface area contributed by atoms with E-state index >= 15 is 0 Å². The maximum Gasteiger partial charge on any atom is 0.0562 e. The number of anilines is 3. The predicted molar refractivity (Wildman–Crippen MR) is 242 cm³/mol. The van der Waals surface area contributed by atoms with Gasteiger partial charge in [-0.3, -0.25) is 0 Å². The zero-order valence-electron chi connectivity index (χ0n) is 31.8. The molecule has 0 saturated heterocycles. The number of hydrogen-bond acceptors (Lipinski definition) is 1. The first-order chi connectivity index (χ1) is 28.2. The Kier molecular flexibility index (Phi) is 8.78. The van der Waals surface area contributed by atoms with Crippen LogP contribution in [0.1, 0.15) is 5.56 Å². The lowest BCUT2D eigenvalue weighted by atomic mass is 9.93. The quantitative estimate of drug-likeness (QED) is 0.151. The molecule has 0 unspecified atom stereocenters. The smallest absolute Gasteiger partial charge is 0.0562 e. The van der Waals surface area contributed by atoms with E-state index in [0.717, 1.165) is 28.3 Å². The molecule has 0 aliphatic heterocycles. The van der Waals surface area contributed by atoms with Crippen LogP contribution in [0.15, 0.2) is 224 Å². The number of aryl methyl sites for hydroxylation is 1. The van der Waals surface area contributed by atoms with Crippen LogP contribution in [-0.4, -0.2) is 4.57 Å². The summed E-state index contributed by atoms with van der Waals surface area (Å²) in [6, 6.07) is 81.3. The molecule has 0 fully saturated rings. The summed E-state index contributed by atoms with van der Waals surface area (Å²) in [6.07, 6.45) is 0. The highest BCUT2D eigenvalue weighted by Crippen LogP contribution is 2.44. The summed E-state index contributed by atoms with van der Waals surface area (Å²) in [5, 5.41) is 2.44. The van der Waals surface area contributed by atoms with E-state index in [-0.39, 0.29) is 0 Å². The van der Waals surface area contributed by atoms with Crippen molar-refractivity contribution in [3.63, 3.8) is 0 Å². The zero-order valence-corrected chi connectivity index (χ0v) is 31.8. The largest absolute Gasteiger partial charge is 0.310 e. The van der Waals surface area contributed by atoms with Gasteiger partial charge in [0.2, 0.25) is 0 Å². The van der Waals surface area contributed by atoms with Gasteiger partial charge in [-0.2, -0.15) is 0 Å². The molecule has 0 N–H and O–H groups in total. The fraction of sp³-hybridized carbons (Fsp3) is 0.0182. The van der Waals surface area contributed by atoms with Crippen LogP contribution in [0.5, 0.6) is 0 Å². The molecule has 10 aromatic rings. The van der Waals surface area contributed by atoms with Crippen LogP contribution in [0.25, 0.3) is 72.0 Å². The topological polar surface area (TPSA) is 8.17 Å². The Morgan fingerprint density at radius 1 is 0.333 bits per heavy atom. The highest BCUT2D eigenvalue weighted by molar-refractivity contribution is 6.11. The molecule has 57 heavy (non-hydrogen) atoms. The molecule has 0 aliphatic carbocycles. The average molecular weight is 729 g/mol. The van der Waals surface area contributed by atoms with Crippen LogP contribution in [0, 0.1) is 6.92 Å². The minimum Gasteiger partial charge on any atom is -0.310 e. The van der Waals surface area contributed by atoms with Crippen LogP contribution in [-0.2, 0) is 0 Å². The van der Waals surface area contributed by atoms with Gasteiger partial charge in [0.25, 0.3) is 0 Å². The highest BCUT2D eigenvalue weighted by Gasteiger charge is 2.21. The fourth-order valence-corrected chi connectivity index (χ4v) is 8.28. The van der Waals surface area contributed by atoms with Gasteiger partial charge in [-0.15, -0.1) is 0 Å². The van der Waals surface area contributed by atoms with E-state index in [1.54, 1.807) is 0 Å². The standard InChI is InChI=1S/C55H40N2/c1-39-24-26-41(27-25-39)43-30-34-47(35-31-43)56(46-32-28-42(29-33-46)40-14-5-2-6-15-40)48-36-37-51-50-20-11-12-22-52(50)57(54(51)38-48)53-23-13-21-49(44-16-7-3-8-17-44)55(53)45-18-9-4-10-19-45/h2-38H,1H3. The van der Waals surface area contributed by atoms with Crippen molar-refractivity contribution in [3.8, 4) is 50.2 Å². The van der Waals surface area contributed by atoms with Crippen LogP contribution >= 0.6 is 0 Å². The first kappa shape index (κ1) is 34.1. The monoisotopic (exact) mass is 728 g/mol. The van der Waals surface area contributed by atoms with Crippen LogP contribution in [0.2, 0.25) is 0 Å². The average Bonchev–Trinajstić information content (AvgIpc) is 3.61. The molecule has 0 radical (unpaired) electrons. The molecule has 0 amide bonds. The Morgan fingerprint density at radius 2 is 0.807 bits per heavy atom. The molecule has 0 spiro atoms. The van der Waals surface area contributed by atoms with E-state index in [1.807, 2.05) is 0 Å². The molecule has 270 valence electrons. The normalized spacial score (nSPS) is 11.2. The molecule has 0 atom stereocenters. The summed E-state index contributed by atoms with van der Waals surface area (Å²) in [7, 11) is 0. The van der Waals surface area contributed by atoms with Gasteiger partial charge in [0, 0.05) is 33.4 Å². The molecule has 0 bridgehead atoms. The number of fused-ring (bicyclic) bond motifs is 3. The molecule has 2 nitrogen and oxygen atoms in total. The molecular weight excluding hydrogens is 689 g/mol. The van der Waals surface area contributed by atoms with Crippen molar-refractivity contribution in [1.82, 2.24) is 4.57 Å². The first-order valence-corrected chi connectivity index (χ1v) is 19.6. The summed E-state index contributed by atoms with van der Waals surface area (Å²) >= 11 is 0. The van der Waals surface area contributed by atoms with Crippen molar-refractivity contribution in [2.24, 2.45) is 0 Å². The summed E-state index contributed by atoms with van der Waals surface area (Å²) in [4.78, 5) is 2.38. The van der Waals surface area contributed by atoms with Crippen molar-refractivity contribution in [1.29, 1.82) is 0 Å². The molecule has 10 rings (SSSR count). The zero-order chi connectivity index (χ0) is 38.1. The van der Waals surface area contributed by atoms with E-state index in [1.165, 1.54) is 66.4 Å². The Bertz CT molecular complexity index is 2960. The van der Waals surface area contributed by atoms with Crippen LogP contribution in [0.3, 0.4) is 0 Å². The van der Waals surface area contributed by atoms with E-state index in [0.29, 0.717) is 0 Å². The third-order valence-electron chi connectivity index (χ3n) is 11.1. The molecule has 9 aromatic carbocycles. The van der Waals surface area contributed by atoms with Crippen molar-refractivity contribution in [2.45, 2.75) is 6.92 Å². The summed E-state index contributed by atoms with van der Waals surface area (Å²) in [5.74, 6) is 0. The lowest BCUT2D eigenvalue weighted by Crippen LogP contribution is -2.10. The van der Waals surface area contributed by atoms with Gasteiger partial charge in [0.05, 0.1) is 16.7 Å². The predicted octanol–water partition coefficient (Wildman–Crippen LogP) is 15.2. The summed E-state index contributed by atoms with van der Waals surface area (Å²) < 4.78 is 2.47. The fourth-order valence-electron chi connectivity index (χ4n) is 8.28. The molecule has 0 saturated carbocycles. The Labute approximate surface area is 334 Å². The summed E-state index contributed by atoms with van der Waals surface area (Å²) in [6.45, 7) is 2.13. The Balaban J connectivity index is 1.19. The van der Waals surface area contributed by atoms with E-state index in [2.05, 4.69) is 241 Å². The Hall–Kier alpha value is -7.42. The van der Waals surface area contributed by atoms with Gasteiger partial charge in [0.15, 0.2) is 0 Å². The van der Waals surface area contributed by atoms with Gasteiger partial charge in [-0.25, -0.2) is 0 Å². The second kappa shape index (κ2) is 14.7. The van der Waals surface area contributed by atoms with E-state index in [4.69, 9.17) is 0 Å². The molecule has 1 heterocycles. The lowest BCUT2D eigenvalue weighted by Gasteiger charge is -2.26. The van der Waals surface area contributed by atoms with Crippen molar-refractivity contribution in [2.75, 3.05) is 4.90 Å². The van der Waals surface area contributed by atoms with Gasteiger partial charge in [-0.1, -0.05) is 181 Å². The minimum absolute atomic E-state index is 1.09. The summed E-state index contributed by atoms with van der Waals surface area (Å²) in [5.41, 5.74) is 17.6. The van der Waals surface area contributed by atoms with Gasteiger partial charge in [0.1, 0.15) is 0 Å². The minimum atomic E-state index is 1.09. The van der Waals surface area contributed by atoms with E-state index < -0.39 is 0 Å². The highest BCUT2D eigenvalue weighted by atomic mass is 15.1. The molecule has 1 aromatic heterocycles. The second-order valence-corrected chi connectivity index (χ2v) is 14.6. The van der Waals surface area contributed by atoms with Crippen molar-refractivity contribution >= 4 is 38.9 Å². The Morgan fingerprint density at radius 3 is 1.42 bits per heavy atom. The number of hydrogen-bond donors (Lipinski definition) is 0. The number of nitrogens with zero attached hydrogens (tertiary/aromatic N) is 2. The molecular formula is C55H40N2. The first-order valence-electron chi connectivity index (χ1n) is 19.6. The third-order valence-corrected chi connectivity index (χ3v) is 11.1.